The van der Waals surface area contributed by atoms with Gasteiger partial charge in [-0.2, -0.15) is 13.2 Å². The van der Waals surface area contributed by atoms with Gasteiger partial charge in [-0.05, 0) is 39.0 Å². The summed E-state index contributed by atoms with van der Waals surface area (Å²) in [5.74, 6) is -1.29. The Bertz CT molecular complexity index is 370. The minimum atomic E-state index is -4.16. The molecule has 2 amide bonds. The Hall–Kier alpha value is -0.980. The molecule has 7 heteroatoms. The van der Waals surface area contributed by atoms with Crippen LogP contribution in [0.5, 0.6) is 0 Å². The minimum Gasteiger partial charge on any atom is -0.376 e. The quantitative estimate of drug-likeness (QED) is 0.863. The third-order valence-electron chi connectivity index (χ3n) is 4.58. The van der Waals surface area contributed by atoms with E-state index >= 15 is 0 Å². The van der Waals surface area contributed by atoms with Gasteiger partial charge in [0.25, 0.3) is 0 Å². The van der Waals surface area contributed by atoms with Crippen molar-refractivity contribution in [1.29, 1.82) is 0 Å². The minimum absolute atomic E-state index is 0.00722. The number of urea groups is 1. The zero-order chi connectivity index (χ0) is 16.2. The van der Waals surface area contributed by atoms with E-state index < -0.39 is 12.1 Å². The first-order valence-corrected chi connectivity index (χ1v) is 8.14. The molecule has 4 nitrogen and oxygen atoms in total. The number of nitrogens with zero attached hydrogens (tertiary/aromatic N) is 1. The Kier molecular flexibility index (Phi) is 5.94. The molecule has 1 aliphatic heterocycles. The molecule has 3 atom stereocenters. The summed E-state index contributed by atoms with van der Waals surface area (Å²) in [5.41, 5.74) is 0. The van der Waals surface area contributed by atoms with E-state index in [9.17, 15) is 18.0 Å². The van der Waals surface area contributed by atoms with Crippen molar-refractivity contribution < 1.29 is 22.7 Å². The zero-order valence-corrected chi connectivity index (χ0v) is 13.0. The smallest absolute Gasteiger partial charge is 0.376 e. The first-order valence-electron chi connectivity index (χ1n) is 8.14. The molecular formula is C15H25F3N2O2. The van der Waals surface area contributed by atoms with E-state index in [1.54, 1.807) is 4.90 Å². The number of halogens is 3. The lowest BCUT2D eigenvalue weighted by atomic mass is 9.85. The summed E-state index contributed by atoms with van der Waals surface area (Å²) in [6, 6.07) is -0.655. The van der Waals surface area contributed by atoms with Gasteiger partial charge in [-0.25, -0.2) is 4.79 Å². The summed E-state index contributed by atoms with van der Waals surface area (Å²) >= 11 is 0. The second kappa shape index (κ2) is 7.53. The molecule has 0 spiro atoms. The second-order valence-electron chi connectivity index (χ2n) is 6.23. The molecule has 22 heavy (non-hydrogen) atoms. The first kappa shape index (κ1) is 17.4. The maximum atomic E-state index is 12.8. The van der Waals surface area contributed by atoms with Crippen LogP contribution in [0.15, 0.2) is 0 Å². The molecule has 1 saturated heterocycles. The molecule has 1 aliphatic carbocycles. The Morgan fingerprint density at radius 3 is 2.64 bits per heavy atom. The van der Waals surface area contributed by atoms with Crippen molar-refractivity contribution >= 4 is 6.03 Å². The molecule has 128 valence electrons. The topological polar surface area (TPSA) is 41.6 Å². The van der Waals surface area contributed by atoms with E-state index in [-0.39, 0.29) is 31.0 Å². The fraction of sp³-hybridized carbons (Fsp3) is 0.933. The van der Waals surface area contributed by atoms with E-state index in [1.165, 1.54) is 0 Å². The maximum Gasteiger partial charge on any atom is 0.391 e. The van der Waals surface area contributed by atoms with Crippen molar-refractivity contribution in [2.75, 3.05) is 19.7 Å². The first-order chi connectivity index (χ1) is 10.4. The van der Waals surface area contributed by atoms with Gasteiger partial charge in [0.2, 0.25) is 0 Å². The van der Waals surface area contributed by atoms with Crippen LogP contribution < -0.4 is 5.32 Å². The third kappa shape index (κ3) is 4.76. The van der Waals surface area contributed by atoms with Crippen LogP contribution in [-0.2, 0) is 4.74 Å². The van der Waals surface area contributed by atoms with Crippen LogP contribution >= 0.6 is 0 Å². The normalized spacial score (nSPS) is 29.4. The van der Waals surface area contributed by atoms with E-state index in [0.717, 1.165) is 19.4 Å². The fourth-order valence-electron chi connectivity index (χ4n) is 3.27. The number of ether oxygens (including phenoxy) is 1. The third-order valence-corrected chi connectivity index (χ3v) is 4.58. The van der Waals surface area contributed by atoms with Crippen molar-refractivity contribution in [3.63, 3.8) is 0 Å². The number of hydrogen-bond donors (Lipinski definition) is 1. The maximum absolute atomic E-state index is 12.8. The van der Waals surface area contributed by atoms with Crippen molar-refractivity contribution in [2.45, 2.75) is 63.8 Å². The van der Waals surface area contributed by atoms with Crippen LogP contribution in [0.4, 0.5) is 18.0 Å². The fourth-order valence-corrected chi connectivity index (χ4v) is 3.27. The van der Waals surface area contributed by atoms with Crippen LogP contribution in [0.2, 0.25) is 0 Å². The Morgan fingerprint density at radius 1 is 1.27 bits per heavy atom. The largest absolute Gasteiger partial charge is 0.391 e. The summed E-state index contributed by atoms with van der Waals surface area (Å²) < 4.78 is 43.9. The van der Waals surface area contributed by atoms with Crippen molar-refractivity contribution in [3.8, 4) is 0 Å². The number of rotatable bonds is 4. The van der Waals surface area contributed by atoms with Crippen molar-refractivity contribution in [1.82, 2.24) is 10.2 Å². The lowest BCUT2D eigenvalue weighted by Crippen LogP contribution is -2.49. The predicted octanol–water partition coefficient (Wildman–Crippen LogP) is 3.32. The van der Waals surface area contributed by atoms with Gasteiger partial charge in [0, 0.05) is 25.7 Å². The van der Waals surface area contributed by atoms with Crippen LogP contribution in [-0.4, -0.2) is 48.9 Å². The molecule has 0 aromatic carbocycles. The second-order valence-corrected chi connectivity index (χ2v) is 6.23. The average Bonchev–Trinajstić information content (AvgIpc) is 2.97. The van der Waals surface area contributed by atoms with Crippen LogP contribution in [0, 0.1) is 5.92 Å². The predicted molar refractivity (Wildman–Crippen MR) is 76.6 cm³/mol. The van der Waals surface area contributed by atoms with Crippen molar-refractivity contribution in [3.05, 3.63) is 0 Å². The standard InChI is InChI=1S/C15H25F3N2O2/c1-2-20(10-13-7-4-8-22-13)14(21)19-12-6-3-5-11(9-12)15(16,17)18/h11-13H,2-10H2,1H3,(H,19,21)/t11-,12-,13+/m1/s1. The molecular weight excluding hydrogens is 297 g/mol. The number of likely N-dealkylation sites (N-methyl/N-ethyl adjacent to an activating group) is 1. The van der Waals surface area contributed by atoms with E-state index in [1.807, 2.05) is 6.92 Å². The summed E-state index contributed by atoms with van der Waals surface area (Å²) in [6.07, 6.45) is -0.882. The summed E-state index contributed by atoms with van der Waals surface area (Å²) in [5, 5.41) is 2.78. The Labute approximate surface area is 129 Å². The Balaban J connectivity index is 1.83. The van der Waals surface area contributed by atoms with Crippen LogP contribution in [0.3, 0.4) is 0 Å². The van der Waals surface area contributed by atoms with Gasteiger partial charge in [-0.3, -0.25) is 0 Å². The molecule has 0 aromatic heterocycles. The molecule has 2 rings (SSSR count). The Morgan fingerprint density at radius 2 is 2.05 bits per heavy atom. The molecule has 0 aromatic rings. The zero-order valence-electron chi connectivity index (χ0n) is 13.0. The number of carbonyl (C=O) groups is 1. The molecule has 0 unspecified atom stereocenters. The molecule has 1 saturated carbocycles. The number of alkyl halides is 3. The van der Waals surface area contributed by atoms with Gasteiger partial charge in [0.15, 0.2) is 0 Å². The lowest BCUT2D eigenvalue weighted by Gasteiger charge is -2.33. The molecule has 2 aliphatic rings. The highest BCUT2D eigenvalue weighted by Crippen LogP contribution is 2.37. The van der Waals surface area contributed by atoms with Gasteiger partial charge in [0.1, 0.15) is 0 Å². The highest BCUT2D eigenvalue weighted by atomic mass is 19.4. The lowest BCUT2D eigenvalue weighted by molar-refractivity contribution is -0.183. The van der Waals surface area contributed by atoms with Gasteiger partial charge < -0.3 is 15.0 Å². The number of hydrogen-bond acceptors (Lipinski definition) is 2. The van der Waals surface area contributed by atoms with Crippen LogP contribution in [0.1, 0.15) is 45.4 Å². The number of amides is 2. The monoisotopic (exact) mass is 322 g/mol. The van der Waals surface area contributed by atoms with E-state index in [0.29, 0.717) is 25.9 Å². The van der Waals surface area contributed by atoms with Crippen molar-refractivity contribution in [2.24, 2.45) is 5.92 Å². The van der Waals surface area contributed by atoms with E-state index in [4.69, 9.17) is 4.74 Å². The van der Waals surface area contributed by atoms with Gasteiger partial charge in [-0.15, -0.1) is 0 Å². The van der Waals surface area contributed by atoms with E-state index in [2.05, 4.69) is 5.32 Å². The SMILES string of the molecule is CCN(C[C@@H]1CCCO1)C(=O)N[C@@H]1CCC[C@@H](C(F)(F)F)C1. The molecule has 2 fully saturated rings. The average molecular weight is 322 g/mol. The summed E-state index contributed by atoms with van der Waals surface area (Å²) in [4.78, 5) is 13.9. The highest BCUT2D eigenvalue weighted by molar-refractivity contribution is 5.74. The molecule has 0 bridgehead atoms. The van der Waals surface area contributed by atoms with Gasteiger partial charge in [0.05, 0.1) is 12.0 Å². The van der Waals surface area contributed by atoms with Crippen LogP contribution in [0.25, 0.3) is 0 Å². The molecule has 0 radical (unpaired) electrons. The highest BCUT2D eigenvalue weighted by Gasteiger charge is 2.42. The summed E-state index contributed by atoms with van der Waals surface area (Å²) in [7, 11) is 0. The molecule has 1 N–H and O–H groups in total. The van der Waals surface area contributed by atoms with Gasteiger partial charge in [-0.1, -0.05) is 6.42 Å². The number of nitrogens with one attached hydrogen (secondary N) is 1. The molecule has 1 heterocycles. The number of carbonyl (C=O) groups excluding carboxylic acids is 1. The van der Waals surface area contributed by atoms with Gasteiger partial charge >= 0.3 is 12.2 Å². The summed E-state index contributed by atoms with van der Waals surface area (Å²) in [6.45, 7) is 3.63.